The van der Waals surface area contributed by atoms with E-state index in [0.717, 1.165) is 5.69 Å². The third-order valence-electron chi connectivity index (χ3n) is 2.72. The van der Waals surface area contributed by atoms with Crippen LogP contribution in [0.15, 0.2) is 12.3 Å². The van der Waals surface area contributed by atoms with Crippen LogP contribution >= 0.6 is 11.6 Å². The summed E-state index contributed by atoms with van der Waals surface area (Å²) in [5, 5.41) is 4.19. The van der Waals surface area contributed by atoms with E-state index in [0.29, 0.717) is 33.1 Å². The summed E-state index contributed by atoms with van der Waals surface area (Å²) in [6.07, 6.45) is 1.57. The Labute approximate surface area is 110 Å². The Balaban J connectivity index is 2.98. The van der Waals surface area contributed by atoms with Crippen molar-refractivity contribution in [2.45, 2.75) is 0 Å². The number of pyridine rings is 1. The summed E-state index contributed by atoms with van der Waals surface area (Å²) >= 11 is 6.17. The number of rotatable bonds is 3. The minimum Gasteiger partial charge on any atom is -0.494 e. The number of nitrogens with two attached hydrogens (primary N) is 1. The van der Waals surface area contributed by atoms with E-state index in [2.05, 4.69) is 10.3 Å². The fraction of sp³-hybridized carbons (Fsp3) is 0.250. The molecule has 6 heteroatoms. The van der Waals surface area contributed by atoms with Gasteiger partial charge >= 0.3 is 0 Å². The van der Waals surface area contributed by atoms with Crippen LogP contribution in [-0.4, -0.2) is 26.3 Å². The lowest BCUT2D eigenvalue weighted by molar-refractivity contribution is 0.410. The molecule has 2 rings (SSSR count). The second-order valence-corrected chi connectivity index (χ2v) is 4.06. The highest BCUT2D eigenvalue weighted by Gasteiger charge is 2.18. The highest BCUT2D eigenvalue weighted by Crippen LogP contribution is 2.43. The van der Waals surface area contributed by atoms with Crippen molar-refractivity contribution >= 4 is 33.9 Å². The summed E-state index contributed by atoms with van der Waals surface area (Å²) in [6, 6.07) is 1.67. The number of halogens is 1. The van der Waals surface area contributed by atoms with Gasteiger partial charge in [-0.05, 0) is 0 Å². The van der Waals surface area contributed by atoms with E-state index in [1.165, 1.54) is 0 Å². The summed E-state index contributed by atoms with van der Waals surface area (Å²) in [5.74, 6) is 1.10. The first kappa shape index (κ1) is 12.6. The number of nitrogens with zero attached hydrogens (tertiary/aromatic N) is 1. The fourth-order valence-electron chi connectivity index (χ4n) is 1.93. The first-order valence-electron chi connectivity index (χ1n) is 5.30. The molecule has 0 aliphatic heterocycles. The number of benzene rings is 1. The number of hydrogen-bond acceptors (Lipinski definition) is 5. The van der Waals surface area contributed by atoms with E-state index in [-0.39, 0.29) is 0 Å². The van der Waals surface area contributed by atoms with E-state index in [9.17, 15) is 0 Å². The standard InChI is InChI=1S/C12H14ClN3O2/c1-15-10-7(14)5-16-11-8(17-2)4-6(13)12(18-3)9(10)11/h4-5H,14H2,1-3H3,(H,15,16). The van der Waals surface area contributed by atoms with Gasteiger partial charge in [-0.3, -0.25) is 0 Å². The molecule has 0 atom stereocenters. The molecule has 0 amide bonds. The van der Waals surface area contributed by atoms with Gasteiger partial charge in [-0.25, -0.2) is 4.98 Å². The van der Waals surface area contributed by atoms with Crippen molar-refractivity contribution in [2.24, 2.45) is 0 Å². The molecule has 2 aromatic rings. The van der Waals surface area contributed by atoms with E-state index in [4.69, 9.17) is 26.8 Å². The maximum Gasteiger partial charge on any atom is 0.149 e. The minimum absolute atomic E-state index is 0.450. The Morgan fingerprint density at radius 1 is 1.33 bits per heavy atom. The predicted molar refractivity (Wildman–Crippen MR) is 73.8 cm³/mol. The first-order valence-corrected chi connectivity index (χ1v) is 5.68. The molecule has 18 heavy (non-hydrogen) atoms. The molecule has 0 spiro atoms. The molecule has 0 bridgehead atoms. The van der Waals surface area contributed by atoms with Crippen LogP contribution in [0.2, 0.25) is 5.02 Å². The predicted octanol–water partition coefficient (Wildman–Crippen LogP) is 2.53. The number of hydrogen-bond donors (Lipinski definition) is 2. The summed E-state index contributed by atoms with van der Waals surface area (Å²) in [7, 11) is 4.89. The molecule has 1 aromatic carbocycles. The molecule has 1 heterocycles. The SMILES string of the molecule is CNc1c(N)cnc2c(OC)cc(Cl)c(OC)c12. The van der Waals surface area contributed by atoms with Gasteiger partial charge in [0, 0.05) is 13.1 Å². The molecule has 0 saturated carbocycles. The Kier molecular flexibility index (Phi) is 3.34. The van der Waals surface area contributed by atoms with Gasteiger partial charge in [0.25, 0.3) is 0 Å². The van der Waals surface area contributed by atoms with E-state index in [1.807, 2.05) is 0 Å². The maximum atomic E-state index is 6.17. The molecule has 96 valence electrons. The van der Waals surface area contributed by atoms with Gasteiger partial charge in [0.1, 0.15) is 17.0 Å². The zero-order chi connectivity index (χ0) is 13.3. The van der Waals surface area contributed by atoms with E-state index < -0.39 is 0 Å². The second kappa shape index (κ2) is 4.78. The van der Waals surface area contributed by atoms with Crippen LogP contribution in [0.5, 0.6) is 11.5 Å². The van der Waals surface area contributed by atoms with Crippen LogP contribution in [0.4, 0.5) is 11.4 Å². The molecule has 3 N–H and O–H groups in total. The molecular weight excluding hydrogens is 254 g/mol. The van der Waals surface area contributed by atoms with Crippen molar-refractivity contribution in [1.82, 2.24) is 4.98 Å². The van der Waals surface area contributed by atoms with Crippen LogP contribution < -0.4 is 20.5 Å². The van der Waals surface area contributed by atoms with Crippen LogP contribution in [0.25, 0.3) is 10.9 Å². The molecular formula is C12H14ClN3O2. The summed E-state index contributed by atoms with van der Waals surface area (Å²) in [4.78, 5) is 4.28. The van der Waals surface area contributed by atoms with Crippen molar-refractivity contribution < 1.29 is 9.47 Å². The van der Waals surface area contributed by atoms with Crippen LogP contribution in [-0.2, 0) is 0 Å². The third-order valence-corrected chi connectivity index (χ3v) is 3.00. The lowest BCUT2D eigenvalue weighted by Gasteiger charge is -2.15. The Morgan fingerprint density at radius 3 is 2.61 bits per heavy atom. The number of ether oxygens (including phenoxy) is 2. The molecule has 5 nitrogen and oxygen atoms in total. The fourth-order valence-corrected chi connectivity index (χ4v) is 2.20. The largest absolute Gasteiger partial charge is 0.494 e. The highest BCUT2D eigenvalue weighted by atomic mass is 35.5. The second-order valence-electron chi connectivity index (χ2n) is 3.66. The lowest BCUT2D eigenvalue weighted by atomic mass is 10.1. The zero-order valence-electron chi connectivity index (χ0n) is 10.4. The average Bonchev–Trinajstić information content (AvgIpc) is 2.37. The van der Waals surface area contributed by atoms with Crippen LogP contribution in [0.3, 0.4) is 0 Å². The first-order chi connectivity index (χ1) is 8.63. The Hall–Kier alpha value is -1.88. The van der Waals surface area contributed by atoms with Gasteiger partial charge in [0.15, 0.2) is 0 Å². The smallest absolute Gasteiger partial charge is 0.149 e. The number of aromatic nitrogens is 1. The van der Waals surface area contributed by atoms with Crippen molar-refractivity contribution in [3.63, 3.8) is 0 Å². The normalized spacial score (nSPS) is 10.4. The van der Waals surface area contributed by atoms with Crippen molar-refractivity contribution in [3.05, 3.63) is 17.3 Å². The summed E-state index contributed by atoms with van der Waals surface area (Å²) < 4.78 is 10.6. The minimum atomic E-state index is 0.450. The quantitative estimate of drug-likeness (QED) is 0.894. The van der Waals surface area contributed by atoms with Crippen LogP contribution in [0.1, 0.15) is 0 Å². The Bertz CT molecular complexity index is 591. The number of fused-ring (bicyclic) bond motifs is 1. The maximum absolute atomic E-state index is 6.17. The summed E-state index contributed by atoms with van der Waals surface area (Å²) in [5.41, 5.74) is 7.79. The van der Waals surface area contributed by atoms with Crippen LogP contribution in [0, 0.1) is 0 Å². The summed E-state index contributed by atoms with van der Waals surface area (Å²) in [6.45, 7) is 0. The van der Waals surface area contributed by atoms with Gasteiger partial charge in [-0.15, -0.1) is 0 Å². The average molecular weight is 268 g/mol. The van der Waals surface area contributed by atoms with Gasteiger partial charge in [0.05, 0.1) is 42.2 Å². The van der Waals surface area contributed by atoms with E-state index in [1.54, 1.807) is 33.5 Å². The van der Waals surface area contributed by atoms with Gasteiger partial charge < -0.3 is 20.5 Å². The molecule has 0 unspecified atom stereocenters. The number of nitrogen functional groups attached to an aromatic ring is 1. The zero-order valence-corrected chi connectivity index (χ0v) is 11.1. The lowest BCUT2D eigenvalue weighted by Crippen LogP contribution is -2.01. The van der Waals surface area contributed by atoms with Crippen molar-refractivity contribution in [1.29, 1.82) is 0 Å². The Morgan fingerprint density at radius 2 is 2.06 bits per heavy atom. The molecule has 0 aliphatic rings. The molecule has 0 radical (unpaired) electrons. The van der Waals surface area contributed by atoms with Gasteiger partial charge in [-0.1, -0.05) is 11.6 Å². The number of nitrogens with one attached hydrogen (secondary N) is 1. The molecule has 0 saturated heterocycles. The van der Waals surface area contributed by atoms with E-state index >= 15 is 0 Å². The highest BCUT2D eigenvalue weighted by molar-refractivity contribution is 6.34. The third kappa shape index (κ3) is 1.76. The van der Waals surface area contributed by atoms with Crippen molar-refractivity contribution in [2.75, 3.05) is 32.3 Å². The molecule has 1 aromatic heterocycles. The van der Waals surface area contributed by atoms with Crippen molar-refractivity contribution in [3.8, 4) is 11.5 Å². The van der Waals surface area contributed by atoms with Gasteiger partial charge in [-0.2, -0.15) is 0 Å². The molecule has 0 fully saturated rings. The topological polar surface area (TPSA) is 69.4 Å². The number of anilines is 2. The van der Waals surface area contributed by atoms with Gasteiger partial charge in [0.2, 0.25) is 0 Å². The number of methoxy groups -OCH3 is 2. The molecule has 0 aliphatic carbocycles. The monoisotopic (exact) mass is 267 g/mol.